The van der Waals surface area contributed by atoms with Crippen LogP contribution >= 0.6 is 0 Å². The Labute approximate surface area is 190 Å². The number of aromatic amines is 1. The van der Waals surface area contributed by atoms with Crippen molar-refractivity contribution < 1.29 is 0 Å². The van der Waals surface area contributed by atoms with E-state index >= 15 is 0 Å². The molecule has 0 amide bonds. The highest BCUT2D eigenvalue weighted by atomic mass is 15.6. The van der Waals surface area contributed by atoms with E-state index in [-0.39, 0.29) is 6.17 Å². The summed E-state index contributed by atoms with van der Waals surface area (Å²) in [6, 6.07) is 28.0. The Bertz CT molecular complexity index is 1500. The number of para-hydroxylation sites is 3. The lowest BCUT2D eigenvalue weighted by atomic mass is 10.1. The molecule has 3 aromatic carbocycles. The minimum absolute atomic E-state index is 0.232. The summed E-state index contributed by atoms with van der Waals surface area (Å²) < 4.78 is 1.99. The largest absolute Gasteiger partial charge is 0.358 e. The monoisotopic (exact) mass is 434 g/mol. The van der Waals surface area contributed by atoms with E-state index in [4.69, 9.17) is 15.0 Å². The molecule has 0 saturated heterocycles. The predicted molar refractivity (Wildman–Crippen MR) is 129 cm³/mol. The minimum Gasteiger partial charge on any atom is -0.358 e. The third kappa shape index (κ3) is 3.52. The van der Waals surface area contributed by atoms with Crippen molar-refractivity contribution in [1.82, 2.24) is 24.9 Å². The summed E-state index contributed by atoms with van der Waals surface area (Å²) in [5, 5.41) is 4.43. The van der Waals surface area contributed by atoms with Crippen molar-refractivity contribution in [3.8, 4) is 0 Å². The number of hydrogen-bond acceptors (Lipinski definition) is 6. The molecule has 1 aliphatic rings. The molecule has 8 nitrogen and oxygen atoms in total. The number of hydrazine groups is 1. The summed E-state index contributed by atoms with van der Waals surface area (Å²) in [7, 11) is 0. The van der Waals surface area contributed by atoms with Gasteiger partial charge in [-0.1, -0.05) is 54.6 Å². The predicted octanol–water partition coefficient (Wildman–Crippen LogP) is 4.52. The zero-order valence-electron chi connectivity index (χ0n) is 17.9. The molecule has 0 bridgehead atoms. The lowest BCUT2D eigenvalue weighted by Gasteiger charge is -2.15. The summed E-state index contributed by atoms with van der Waals surface area (Å²) in [5.41, 5.74) is 12.2. The van der Waals surface area contributed by atoms with Gasteiger partial charge in [0.1, 0.15) is 6.17 Å². The number of nitrogens with one attached hydrogen (secondary N) is 4. The van der Waals surface area contributed by atoms with Gasteiger partial charge in [0.15, 0.2) is 0 Å². The Morgan fingerprint density at radius 2 is 1.61 bits per heavy atom. The lowest BCUT2D eigenvalue weighted by Crippen LogP contribution is -2.31. The highest BCUT2D eigenvalue weighted by Crippen LogP contribution is 2.32. The quantitative estimate of drug-likeness (QED) is 0.334. The normalized spacial score (nSPS) is 15.4. The van der Waals surface area contributed by atoms with Crippen LogP contribution in [0.3, 0.4) is 0 Å². The number of hydrogen-bond donors (Lipinski definition) is 4. The number of fused-ring (bicyclic) bond motifs is 2. The van der Waals surface area contributed by atoms with Crippen LogP contribution in [0.4, 0.5) is 23.3 Å². The van der Waals surface area contributed by atoms with Gasteiger partial charge in [0, 0.05) is 27.8 Å². The molecule has 5 aromatic rings. The molecule has 162 valence electrons. The van der Waals surface area contributed by atoms with E-state index in [2.05, 4.69) is 40.2 Å². The number of benzene rings is 3. The van der Waals surface area contributed by atoms with Crippen LogP contribution < -0.4 is 21.8 Å². The zero-order chi connectivity index (χ0) is 22.2. The van der Waals surface area contributed by atoms with Crippen LogP contribution in [0.5, 0.6) is 0 Å². The van der Waals surface area contributed by atoms with Gasteiger partial charge in [-0.15, -0.1) is 0 Å². The van der Waals surface area contributed by atoms with Crippen molar-refractivity contribution in [2.45, 2.75) is 13.1 Å². The van der Waals surface area contributed by atoms with Crippen LogP contribution in [0.1, 0.15) is 17.4 Å². The van der Waals surface area contributed by atoms with Crippen LogP contribution in [0, 0.1) is 6.92 Å². The molecule has 1 atom stereocenters. The number of anilines is 3. The lowest BCUT2D eigenvalue weighted by molar-refractivity contribution is 0.538. The van der Waals surface area contributed by atoms with Crippen molar-refractivity contribution in [2.75, 3.05) is 10.7 Å². The van der Waals surface area contributed by atoms with E-state index < -0.39 is 0 Å². The summed E-state index contributed by atoms with van der Waals surface area (Å²) in [6.45, 7) is 2.08. The second-order valence-corrected chi connectivity index (χ2v) is 7.86. The third-order valence-corrected chi connectivity index (χ3v) is 5.67. The standard InChI is InChI=1S/C25H22N8/c1-16-21(19-14-8-9-15-20(19)26-16)22-31-32-25-30-23(27-17-10-4-2-5-11-17)29-24(33(22)25)28-18-12-6-3-7-13-18/h2-15,22,26,31H,1H3,(H2,27,28,29,30,32). The van der Waals surface area contributed by atoms with Crippen molar-refractivity contribution >= 4 is 34.2 Å². The van der Waals surface area contributed by atoms with Crippen LogP contribution in [0.2, 0.25) is 0 Å². The number of aromatic nitrogens is 4. The summed E-state index contributed by atoms with van der Waals surface area (Å²) in [6.07, 6.45) is -0.232. The van der Waals surface area contributed by atoms with Gasteiger partial charge in [-0.3, -0.25) is 9.99 Å². The zero-order valence-corrected chi connectivity index (χ0v) is 17.9. The number of rotatable bonds is 4. The molecule has 0 radical (unpaired) electrons. The highest BCUT2D eigenvalue weighted by molar-refractivity contribution is 5.85. The van der Waals surface area contributed by atoms with Crippen molar-refractivity contribution in [3.05, 3.63) is 102 Å². The van der Waals surface area contributed by atoms with E-state index in [1.54, 1.807) is 0 Å². The fourth-order valence-corrected chi connectivity index (χ4v) is 4.20. The molecule has 2 aromatic heterocycles. The molecule has 33 heavy (non-hydrogen) atoms. The fraction of sp³-hybridized carbons (Fsp3) is 0.0800. The van der Waals surface area contributed by atoms with Crippen LogP contribution in [0.15, 0.2) is 89.9 Å². The van der Waals surface area contributed by atoms with Crippen molar-refractivity contribution in [1.29, 1.82) is 0 Å². The Balaban J connectivity index is 1.54. The number of nitrogens with zero attached hydrogens (tertiary/aromatic N) is 4. The van der Waals surface area contributed by atoms with Gasteiger partial charge in [0.2, 0.25) is 17.5 Å². The second-order valence-electron chi connectivity index (χ2n) is 7.86. The maximum atomic E-state index is 4.87. The van der Waals surface area contributed by atoms with Gasteiger partial charge in [0.05, 0.1) is 5.69 Å². The van der Waals surface area contributed by atoms with Gasteiger partial charge in [-0.2, -0.15) is 9.97 Å². The molecule has 4 N–H and O–H groups in total. The Kier molecular flexibility index (Phi) is 4.63. The minimum atomic E-state index is -0.232. The van der Waals surface area contributed by atoms with E-state index in [0.29, 0.717) is 17.5 Å². The van der Waals surface area contributed by atoms with Gasteiger partial charge in [-0.25, -0.2) is 10.4 Å². The van der Waals surface area contributed by atoms with E-state index in [9.17, 15) is 0 Å². The fourth-order valence-electron chi connectivity index (χ4n) is 4.20. The molecule has 8 heteroatoms. The molecular weight excluding hydrogens is 412 g/mol. The van der Waals surface area contributed by atoms with Gasteiger partial charge in [-0.05, 0) is 37.3 Å². The Morgan fingerprint density at radius 1 is 0.879 bits per heavy atom. The Hall–Kier alpha value is -4.43. The first-order valence-corrected chi connectivity index (χ1v) is 10.8. The number of H-pyrrole nitrogens is 1. The van der Waals surface area contributed by atoms with E-state index in [0.717, 1.165) is 33.5 Å². The summed E-state index contributed by atoms with van der Waals surface area (Å²) in [5.74, 6) is 1.10. The van der Waals surface area contributed by atoms with Crippen molar-refractivity contribution in [3.63, 3.8) is 0 Å². The second kappa shape index (κ2) is 7.92. The molecular formula is C25H22N8. The van der Waals surface area contributed by atoms with Gasteiger partial charge in [0.25, 0.3) is 0 Å². The van der Waals surface area contributed by atoms with Crippen molar-refractivity contribution in [2.24, 2.45) is 4.99 Å². The first kappa shape index (κ1) is 19.3. The van der Waals surface area contributed by atoms with Gasteiger partial charge >= 0.3 is 0 Å². The smallest absolute Gasteiger partial charge is 0.237 e. The van der Waals surface area contributed by atoms with E-state index in [1.807, 2.05) is 77.4 Å². The molecule has 3 heterocycles. The molecule has 1 aliphatic heterocycles. The van der Waals surface area contributed by atoms with Crippen LogP contribution in [0.25, 0.3) is 10.9 Å². The first-order valence-electron chi connectivity index (χ1n) is 10.8. The SMILES string of the molecule is Cc1[nH]c2ccccc2c1C1NNc2nc(Nc3ccccc3)nc(=Nc3ccccc3)n21. The maximum absolute atomic E-state index is 4.87. The van der Waals surface area contributed by atoms with Gasteiger partial charge < -0.3 is 10.3 Å². The molecule has 0 spiro atoms. The molecule has 0 aliphatic carbocycles. The average Bonchev–Trinajstić information content (AvgIpc) is 3.40. The molecule has 1 unspecified atom stereocenters. The Morgan fingerprint density at radius 3 is 2.42 bits per heavy atom. The molecule has 0 fully saturated rings. The average molecular weight is 435 g/mol. The molecule has 6 rings (SSSR count). The highest BCUT2D eigenvalue weighted by Gasteiger charge is 2.29. The maximum Gasteiger partial charge on any atom is 0.237 e. The molecule has 0 saturated carbocycles. The number of aryl methyl sites for hydroxylation is 1. The summed E-state index contributed by atoms with van der Waals surface area (Å²) >= 11 is 0. The van der Waals surface area contributed by atoms with Crippen LogP contribution in [-0.2, 0) is 0 Å². The summed E-state index contributed by atoms with van der Waals surface area (Å²) in [4.78, 5) is 17.9. The third-order valence-electron chi connectivity index (χ3n) is 5.67. The van der Waals surface area contributed by atoms with E-state index in [1.165, 1.54) is 0 Å². The topological polar surface area (TPSA) is 94.9 Å². The van der Waals surface area contributed by atoms with Crippen LogP contribution in [-0.4, -0.2) is 19.5 Å². The first-order chi connectivity index (χ1) is 16.3.